The van der Waals surface area contributed by atoms with Gasteiger partial charge in [-0.25, -0.2) is 9.97 Å². The van der Waals surface area contributed by atoms with E-state index in [4.69, 9.17) is 0 Å². The van der Waals surface area contributed by atoms with E-state index in [9.17, 15) is 4.79 Å². The van der Waals surface area contributed by atoms with Crippen molar-refractivity contribution in [2.24, 2.45) is 0 Å². The lowest BCUT2D eigenvalue weighted by Gasteiger charge is -2.16. The molecular formula is C14H14N6OS2. The highest BCUT2D eigenvalue weighted by molar-refractivity contribution is 7.13. The van der Waals surface area contributed by atoms with E-state index in [0.29, 0.717) is 17.2 Å². The van der Waals surface area contributed by atoms with Crippen LogP contribution in [0.3, 0.4) is 0 Å². The Labute approximate surface area is 141 Å². The summed E-state index contributed by atoms with van der Waals surface area (Å²) in [7, 11) is 1.94. The molecule has 0 saturated carbocycles. The fraction of sp³-hybridized carbons (Fsp3) is 0.214. The smallest absolute Gasteiger partial charge is 0.259 e. The zero-order valence-electron chi connectivity index (χ0n) is 12.6. The lowest BCUT2D eigenvalue weighted by molar-refractivity contribution is 0.102. The Morgan fingerprint density at radius 2 is 2.22 bits per heavy atom. The van der Waals surface area contributed by atoms with Crippen LogP contribution >= 0.6 is 22.7 Å². The molecule has 3 aromatic heterocycles. The number of pyridine rings is 1. The summed E-state index contributed by atoms with van der Waals surface area (Å²) in [6, 6.07) is 3.55. The highest BCUT2D eigenvalue weighted by atomic mass is 32.1. The molecule has 0 unspecified atom stereocenters. The molecule has 3 rings (SSSR count). The van der Waals surface area contributed by atoms with Crippen LogP contribution in [0.5, 0.6) is 0 Å². The second kappa shape index (κ2) is 6.80. The van der Waals surface area contributed by atoms with E-state index in [1.807, 2.05) is 30.3 Å². The molecular weight excluding hydrogens is 332 g/mol. The van der Waals surface area contributed by atoms with Gasteiger partial charge in [0.05, 0.1) is 12.1 Å². The summed E-state index contributed by atoms with van der Waals surface area (Å²) in [5.74, 6) is 0.532. The van der Waals surface area contributed by atoms with Crippen LogP contribution in [0.2, 0.25) is 0 Å². The van der Waals surface area contributed by atoms with Crippen molar-refractivity contribution >= 4 is 39.5 Å². The summed E-state index contributed by atoms with van der Waals surface area (Å²) in [4.78, 5) is 22.8. The van der Waals surface area contributed by atoms with Gasteiger partial charge < -0.3 is 4.90 Å². The number of carbonyl (C=O) groups is 1. The number of rotatable bonds is 5. The number of amides is 1. The summed E-state index contributed by atoms with van der Waals surface area (Å²) in [6.45, 7) is 2.66. The first-order chi connectivity index (χ1) is 11.1. The van der Waals surface area contributed by atoms with Crippen molar-refractivity contribution in [2.45, 2.75) is 13.5 Å². The fourth-order valence-corrected chi connectivity index (χ4v) is 3.17. The summed E-state index contributed by atoms with van der Waals surface area (Å²) >= 11 is 2.89. The van der Waals surface area contributed by atoms with Crippen molar-refractivity contribution in [3.8, 4) is 0 Å². The summed E-state index contributed by atoms with van der Waals surface area (Å²) in [5, 5.41) is 13.7. The van der Waals surface area contributed by atoms with Crippen LogP contribution in [-0.2, 0) is 6.54 Å². The molecule has 0 aliphatic heterocycles. The van der Waals surface area contributed by atoms with Crippen LogP contribution in [0.15, 0.2) is 29.2 Å². The van der Waals surface area contributed by atoms with Gasteiger partial charge in [-0.2, -0.15) is 0 Å². The van der Waals surface area contributed by atoms with E-state index >= 15 is 0 Å². The average molecular weight is 346 g/mol. The number of carbonyl (C=O) groups excluding carboxylic acids is 1. The fourth-order valence-electron chi connectivity index (χ4n) is 1.90. The van der Waals surface area contributed by atoms with E-state index in [0.717, 1.165) is 16.5 Å². The zero-order valence-corrected chi connectivity index (χ0v) is 14.2. The summed E-state index contributed by atoms with van der Waals surface area (Å²) < 4.78 is 0. The van der Waals surface area contributed by atoms with Gasteiger partial charge in [0.25, 0.3) is 5.91 Å². The Kier molecular flexibility index (Phi) is 4.58. The van der Waals surface area contributed by atoms with E-state index in [1.54, 1.807) is 29.1 Å². The number of aromatic nitrogens is 4. The highest BCUT2D eigenvalue weighted by Gasteiger charge is 2.11. The van der Waals surface area contributed by atoms with Crippen LogP contribution in [0.25, 0.3) is 0 Å². The van der Waals surface area contributed by atoms with Gasteiger partial charge in [-0.1, -0.05) is 11.3 Å². The van der Waals surface area contributed by atoms with Gasteiger partial charge in [0, 0.05) is 24.3 Å². The third-order valence-electron chi connectivity index (χ3n) is 3.02. The van der Waals surface area contributed by atoms with Crippen LogP contribution in [-0.4, -0.2) is 33.1 Å². The van der Waals surface area contributed by atoms with E-state index < -0.39 is 0 Å². The van der Waals surface area contributed by atoms with E-state index in [1.165, 1.54) is 11.3 Å². The van der Waals surface area contributed by atoms with Crippen LogP contribution < -0.4 is 10.2 Å². The van der Waals surface area contributed by atoms with Gasteiger partial charge in [0.2, 0.25) is 5.13 Å². The third kappa shape index (κ3) is 3.88. The van der Waals surface area contributed by atoms with Gasteiger partial charge in [-0.05, 0) is 19.1 Å². The van der Waals surface area contributed by atoms with Gasteiger partial charge in [-0.15, -0.1) is 21.5 Å². The van der Waals surface area contributed by atoms with Gasteiger partial charge >= 0.3 is 0 Å². The molecule has 0 aliphatic rings. The predicted molar refractivity (Wildman–Crippen MR) is 91.1 cm³/mol. The molecule has 1 amide bonds. The van der Waals surface area contributed by atoms with Crippen molar-refractivity contribution in [3.05, 3.63) is 45.5 Å². The molecule has 0 saturated heterocycles. The van der Waals surface area contributed by atoms with E-state index in [2.05, 4.69) is 25.5 Å². The number of nitrogens with one attached hydrogen (secondary N) is 1. The van der Waals surface area contributed by atoms with Crippen LogP contribution in [0.1, 0.15) is 21.1 Å². The summed E-state index contributed by atoms with van der Waals surface area (Å²) in [5.41, 5.74) is 3.06. The maximum absolute atomic E-state index is 12.1. The number of thiazole rings is 1. The molecule has 118 valence electrons. The predicted octanol–water partition coefficient (Wildman–Crippen LogP) is 2.59. The molecule has 1 N–H and O–H groups in total. The Morgan fingerprint density at radius 1 is 1.35 bits per heavy atom. The zero-order chi connectivity index (χ0) is 16.2. The van der Waals surface area contributed by atoms with Gasteiger partial charge in [0.1, 0.15) is 16.3 Å². The lowest BCUT2D eigenvalue weighted by Crippen LogP contribution is -2.18. The number of hydrogen-bond donors (Lipinski definition) is 1. The first kappa shape index (κ1) is 15.5. The molecule has 9 heteroatoms. The first-order valence-corrected chi connectivity index (χ1v) is 8.53. The van der Waals surface area contributed by atoms with Crippen molar-refractivity contribution in [3.63, 3.8) is 0 Å². The topological polar surface area (TPSA) is 83.9 Å². The van der Waals surface area contributed by atoms with Gasteiger partial charge in [0.15, 0.2) is 0 Å². The molecule has 0 aliphatic carbocycles. The number of anilines is 2. The molecule has 0 spiro atoms. The molecule has 3 heterocycles. The van der Waals surface area contributed by atoms with Crippen LogP contribution in [0.4, 0.5) is 10.9 Å². The number of nitrogens with zero attached hydrogens (tertiary/aromatic N) is 5. The normalized spacial score (nSPS) is 10.5. The SMILES string of the molecule is Cc1csc(CN(C)c2ccc(C(=O)Nc3nncs3)cn2)n1. The second-order valence-corrected chi connectivity index (χ2v) is 6.62. The minimum absolute atomic E-state index is 0.251. The van der Waals surface area contributed by atoms with Gasteiger partial charge in [-0.3, -0.25) is 10.1 Å². The standard InChI is InChI=1S/C14H14N6OS2/c1-9-7-22-12(17-9)6-20(2)11-4-3-10(5-15-11)13(21)18-14-19-16-8-23-14/h3-5,7-8H,6H2,1-2H3,(H,18,19,21). The number of hydrogen-bond acceptors (Lipinski definition) is 8. The molecule has 0 atom stereocenters. The Hall–Kier alpha value is -2.39. The molecule has 7 nitrogen and oxygen atoms in total. The van der Waals surface area contributed by atoms with E-state index in [-0.39, 0.29) is 5.91 Å². The Morgan fingerprint density at radius 3 is 2.83 bits per heavy atom. The molecule has 0 aromatic carbocycles. The summed E-state index contributed by atoms with van der Waals surface area (Å²) in [6.07, 6.45) is 1.55. The monoisotopic (exact) mass is 346 g/mol. The van der Waals surface area contributed by atoms with Crippen molar-refractivity contribution in [2.75, 3.05) is 17.3 Å². The largest absolute Gasteiger partial charge is 0.353 e. The molecule has 0 radical (unpaired) electrons. The molecule has 23 heavy (non-hydrogen) atoms. The highest BCUT2D eigenvalue weighted by Crippen LogP contribution is 2.17. The third-order valence-corrected chi connectivity index (χ3v) is 4.58. The maximum Gasteiger partial charge on any atom is 0.259 e. The van der Waals surface area contributed by atoms with Crippen molar-refractivity contribution in [1.29, 1.82) is 0 Å². The molecule has 0 fully saturated rings. The second-order valence-electron chi connectivity index (χ2n) is 4.84. The van der Waals surface area contributed by atoms with Crippen molar-refractivity contribution in [1.82, 2.24) is 20.2 Å². The van der Waals surface area contributed by atoms with Crippen molar-refractivity contribution < 1.29 is 4.79 Å². The van der Waals surface area contributed by atoms with Crippen LogP contribution in [0, 0.1) is 6.92 Å². The Balaban J connectivity index is 1.65. The average Bonchev–Trinajstić information content (AvgIpc) is 3.19. The molecule has 3 aromatic rings. The Bertz CT molecular complexity index is 784. The quantitative estimate of drug-likeness (QED) is 0.764. The molecule has 0 bridgehead atoms. The maximum atomic E-state index is 12.1. The lowest BCUT2D eigenvalue weighted by atomic mass is 10.2. The number of aryl methyl sites for hydroxylation is 1. The minimum Gasteiger partial charge on any atom is -0.353 e. The minimum atomic E-state index is -0.251. The first-order valence-electron chi connectivity index (χ1n) is 6.77.